The highest BCUT2D eigenvalue weighted by Crippen LogP contribution is 2.34. The van der Waals surface area contributed by atoms with Gasteiger partial charge in [-0.3, -0.25) is 4.98 Å². The number of nitrogens with zero attached hydrogens (tertiary/aromatic N) is 4. The van der Waals surface area contributed by atoms with Gasteiger partial charge in [0, 0.05) is 24.0 Å². The molecule has 0 bridgehead atoms. The lowest BCUT2D eigenvalue weighted by Gasteiger charge is -1.99. The maximum atomic E-state index is 5.41. The normalized spacial score (nSPS) is 10.9. The number of aryl methyl sites for hydroxylation is 3. The minimum Gasteiger partial charge on any atom is -0.378 e. The van der Waals surface area contributed by atoms with Crippen LogP contribution < -0.4 is 5.32 Å². The van der Waals surface area contributed by atoms with Crippen LogP contribution in [0.1, 0.15) is 17.1 Å². The van der Waals surface area contributed by atoms with Crippen LogP contribution in [0, 0.1) is 20.8 Å². The van der Waals surface area contributed by atoms with Gasteiger partial charge in [0.05, 0.1) is 11.3 Å². The van der Waals surface area contributed by atoms with Crippen molar-refractivity contribution in [1.29, 1.82) is 0 Å². The van der Waals surface area contributed by atoms with Gasteiger partial charge in [-0.05, 0) is 44.4 Å². The molecule has 3 aromatic rings. The quantitative estimate of drug-likeness (QED) is 0.800. The number of nitrogens with one attached hydrogen (secondary N) is 1. The molecule has 0 aliphatic rings. The minimum absolute atomic E-state index is 0.479. The van der Waals surface area contributed by atoms with Gasteiger partial charge < -0.3 is 9.84 Å². The summed E-state index contributed by atoms with van der Waals surface area (Å²) in [6, 6.07) is 3.89. The molecule has 0 spiro atoms. The molecule has 0 aromatic carbocycles. The molecule has 0 aliphatic heterocycles. The molecule has 7 heteroatoms. The number of anilines is 1. The van der Waals surface area contributed by atoms with Crippen molar-refractivity contribution in [1.82, 2.24) is 19.5 Å². The SMILES string of the molecule is CNc1snc(C)c1-c1nc(-c2cc(C)nc(C)c2)no1. The Morgan fingerprint density at radius 3 is 2.48 bits per heavy atom. The van der Waals surface area contributed by atoms with Crippen LogP contribution in [0.4, 0.5) is 5.00 Å². The van der Waals surface area contributed by atoms with E-state index in [-0.39, 0.29) is 0 Å². The van der Waals surface area contributed by atoms with Crippen LogP contribution in [0.15, 0.2) is 16.7 Å². The molecule has 0 aliphatic carbocycles. The Morgan fingerprint density at radius 2 is 1.81 bits per heavy atom. The Morgan fingerprint density at radius 1 is 1.10 bits per heavy atom. The van der Waals surface area contributed by atoms with Gasteiger partial charge in [0.25, 0.3) is 5.89 Å². The van der Waals surface area contributed by atoms with Crippen molar-refractivity contribution < 1.29 is 4.52 Å². The van der Waals surface area contributed by atoms with Gasteiger partial charge in [-0.2, -0.15) is 9.36 Å². The van der Waals surface area contributed by atoms with Crippen LogP contribution in [0.5, 0.6) is 0 Å². The molecule has 0 saturated heterocycles. The molecular weight excluding hydrogens is 286 g/mol. The number of hydrogen-bond acceptors (Lipinski definition) is 7. The van der Waals surface area contributed by atoms with E-state index in [1.54, 1.807) is 0 Å². The van der Waals surface area contributed by atoms with E-state index in [1.807, 2.05) is 40.0 Å². The second kappa shape index (κ2) is 5.25. The highest BCUT2D eigenvalue weighted by Gasteiger charge is 2.19. The minimum atomic E-state index is 0.479. The van der Waals surface area contributed by atoms with E-state index in [1.165, 1.54) is 11.5 Å². The maximum Gasteiger partial charge on any atom is 0.263 e. The summed E-state index contributed by atoms with van der Waals surface area (Å²) in [5, 5.41) is 8.10. The smallest absolute Gasteiger partial charge is 0.263 e. The molecule has 0 saturated carbocycles. The fraction of sp³-hybridized carbons (Fsp3) is 0.286. The van der Waals surface area contributed by atoms with Gasteiger partial charge in [-0.25, -0.2) is 0 Å². The van der Waals surface area contributed by atoms with E-state index in [9.17, 15) is 0 Å². The van der Waals surface area contributed by atoms with Crippen LogP contribution >= 0.6 is 11.5 Å². The molecule has 0 fully saturated rings. The van der Waals surface area contributed by atoms with E-state index in [4.69, 9.17) is 4.52 Å². The van der Waals surface area contributed by atoms with Crippen molar-refractivity contribution in [3.63, 3.8) is 0 Å². The van der Waals surface area contributed by atoms with Gasteiger partial charge in [-0.1, -0.05) is 5.16 Å². The number of hydrogen-bond donors (Lipinski definition) is 1. The van der Waals surface area contributed by atoms with Crippen LogP contribution in [-0.4, -0.2) is 26.5 Å². The van der Waals surface area contributed by atoms with Crippen molar-refractivity contribution >= 4 is 16.5 Å². The molecule has 0 unspecified atom stereocenters. The van der Waals surface area contributed by atoms with Crippen LogP contribution in [0.2, 0.25) is 0 Å². The average Bonchev–Trinajstić information content (AvgIpc) is 3.03. The summed E-state index contributed by atoms with van der Waals surface area (Å²) in [4.78, 5) is 8.85. The molecule has 3 aromatic heterocycles. The first-order valence-corrected chi connectivity index (χ1v) is 7.29. The Labute approximate surface area is 126 Å². The molecule has 0 amide bonds. The van der Waals surface area contributed by atoms with Crippen LogP contribution in [0.25, 0.3) is 22.8 Å². The van der Waals surface area contributed by atoms with E-state index in [0.29, 0.717) is 11.7 Å². The first kappa shape index (κ1) is 13.7. The summed E-state index contributed by atoms with van der Waals surface area (Å²) < 4.78 is 9.73. The molecule has 3 heterocycles. The fourth-order valence-electron chi connectivity index (χ4n) is 2.20. The molecule has 0 atom stereocenters. The summed E-state index contributed by atoms with van der Waals surface area (Å²) in [6.45, 7) is 5.82. The third-order valence-corrected chi connectivity index (χ3v) is 4.03. The second-order valence-electron chi connectivity index (χ2n) is 4.78. The van der Waals surface area contributed by atoms with Crippen LogP contribution in [-0.2, 0) is 0 Å². The first-order valence-electron chi connectivity index (χ1n) is 6.52. The second-order valence-corrected chi connectivity index (χ2v) is 5.56. The molecule has 3 rings (SSSR count). The summed E-state index contributed by atoms with van der Waals surface area (Å²) in [7, 11) is 1.85. The number of aromatic nitrogens is 4. The predicted octanol–water partition coefficient (Wildman–Crippen LogP) is 3.22. The Bertz CT molecular complexity index is 772. The molecule has 108 valence electrons. The van der Waals surface area contributed by atoms with Crippen LogP contribution in [0.3, 0.4) is 0 Å². The lowest BCUT2D eigenvalue weighted by Crippen LogP contribution is -1.90. The van der Waals surface area contributed by atoms with E-state index < -0.39 is 0 Å². The lowest BCUT2D eigenvalue weighted by atomic mass is 10.2. The third-order valence-electron chi connectivity index (χ3n) is 3.07. The summed E-state index contributed by atoms with van der Waals surface area (Å²) in [6.07, 6.45) is 0. The molecule has 6 nitrogen and oxygen atoms in total. The van der Waals surface area contributed by atoms with Crippen molar-refractivity contribution in [2.24, 2.45) is 0 Å². The number of rotatable bonds is 3. The highest BCUT2D eigenvalue weighted by atomic mass is 32.1. The van der Waals surface area contributed by atoms with E-state index >= 15 is 0 Å². The lowest BCUT2D eigenvalue weighted by molar-refractivity contribution is 0.432. The predicted molar refractivity (Wildman–Crippen MR) is 82.4 cm³/mol. The van der Waals surface area contributed by atoms with Gasteiger partial charge in [0.15, 0.2) is 0 Å². The Kier molecular flexibility index (Phi) is 3.42. The van der Waals surface area contributed by atoms with E-state index in [0.717, 1.165) is 33.2 Å². The maximum absolute atomic E-state index is 5.41. The van der Waals surface area contributed by atoms with Gasteiger partial charge in [0.1, 0.15) is 5.00 Å². The highest BCUT2D eigenvalue weighted by molar-refractivity contribution is 7.10. The first-order chi connectivity index (χ1) is 10.1. The monoisotopic (exact) mass is 301 g/mol. The van der Waals surface area contributed by atoms with Crippen molar-refractivity contribution in [3.8, 4) is 22.8 Å². The van der Waals surface area contributed by atoms with Crippen molar-refractivity contribution in [2.45, 2.75) is 20.8 Å². The zero-order chi connectivity index (χ0) is 15.0. The summed E-state index contributed by atoms with van der Waals surface area (Å²) >= 11 is 1.38. The average molecular weight is 301 g/mol. The van der Waals surface area contributed by atoms with Crippen molar-refractivity contribution in [2.75, 3.05) is 12.4 Å². The molecule has 1 N–H and O–H groups in total. The topological polar surface area (TPSA) is 76.7 Å². The van der Waals surface area contributed by atoms with Gasteiger partial charge >= 0.3 is 0 Å². The molecule has 0 radical (unpaired) electrons. The van der Waals surface area contributed by atoms with Gasteiger partial charge in [-0.15, -0.1) is 0 Å². The number of pyridine rings is 1. The molecular formula is C14H15N5OS. The van der Waals surface area contributed by atoms with E-state index in [2.05, 4.69) is 24.8 Å². The molecule has 21 heavy (non-hydrogen) atoms. The standard InChI is InChI=1S/C14H15N5OS/c1-7-5-10(6-8(2)16-7)12-17-13(20-18-12)11-9(3)19-21-14(11)15-4/h5-6,15H,1-4H3. The fourth-order valence-corrected chi connectivity index (χ4v) is 2.94. The van der Waals surface area contributed by atoms with Crippen molar-refractivity contribution in [3.05, 3.63) is 29.2 Å². The Hall–Kier alpha value is -2.28. The summed E-state index contributed by atoms with van der Waals surface area (Å²) in [5.41, 5.74) is 4.51. The Balaban J connectivity index is 2.05. The zero-order valence-electron chi connectivity index (χ0n) is 12.3. The van der Waals surface area contributed by atoms with Gasteiger partial charge in [0.2, 0.25) is 5.82 Å². The third kappa shape index (κ3) is 2.52. The zero-order valence-corrected chi connectivity index (χ0v) is 13.1. The largest absolute Gasteiger partial charge is 0.378 e. The summed E-state index contributed by atoms with van der Waals surface area (Å²) in [5.74, 6) is 1.04.